The van der Waals surface area contributed by atoms with Crippen LogP contribution in [0.2, 0.25) is 0 Å². The summed E-state index contributed by atoms with van der Waals surface area (Å²) >= 11 is 3.24. The number of anilines is 2. The second kappa shape index (κ2) is 9.48. The van der Waals surface area contributed by atoms with Gasteiger partial charge >= 0.3 is 12.1 Å². The number of alkyl halides is 3. The summed E-state index contributed by atoms with van der Waals surface area (Å²) in [5, 5.41) is 2.43. The van der Waals surface area contributed by atoms with E-state index in [2.05, 4.69) is 21.2 Å². The number of nitrogens with one attached hydrogen (secondary N) is 1. The van der Waals surface area contributed by atoms with E-state index in [0.717, 1.165) is 16.6 Å². The van der Waals surface area contributed by atoms with Gasteiger partial charge in [-0.05, 0) is 42.5 Å². The molecule has 160 valence electrons. The minimum atomic E-state index is -4.56. The van der Waals surface area contributed by atoms with Crippen molar-refractivity contribution in [2.75, 3.05) is 43.1 Å². The van der Waals surface area contributed by atoms with Crippen molar-refractivity contribution in [2.24, 2.45) is 0 Å². The predicted octanol–water partition coefficient (Wildman–Crippen LogP) is 4.10. The molecule has 0 bridgehead atoms. The molecule has 2 aromatic rings. The van der Waals surface area contributed by atoms with Crippen LogP contribution in [0.1, 0.15) is 15.9 Å². The number of halogens is 4. The minimum absolute atomic E-state index is 0.00332. The average molecular weight is 487 g/mol. The molecule has 1 aliphatic heterocycles. The zero-order valence-corrected chi connectivity index (χ0v) is 17.3. The first-order valence-electron chi connectivity index (χ1n) is 9.00. The number of hydrogen-bond donors (Lipinski definition) is 1. The van der Waals surface area contributed by atoms with Gasteiger partial charge < -0.3 is 19.7 Å². The van der Waals surface area contributed by atoms with Crippen LogP contribution in [0.25, 0.3) is 0 Å². The van der Waals surface area contributed by atoms with E-state index in [4.69, 9.17) is 9.47 Å². The maximum absolute atomic E-state index is 13.1. The molecule has 1 amide bonds. The Balaban J connectivity index is 1.71. The van der Waals surface area contributed by atoms with Crippen LogP contribution in [-0.4, -0.2) is 44.8 Å². The summed E-state index contributed by atoms with van der Waals surface area (Å²) in [6.07, 6.45) is -4.56. The molecule has 3 rings (SSSR count). The Morgan fingerprint density at radius 3 is 2.40 bits per heavy atom. The highest BCUT2D eigenvalue weighted by Crippen LogP contribution is 2.35. The van der Waals surface area contributed by atoms with Crippen LogP contribution < -0.4 is 10.2 Å². The topological polar surface area (TPSA) is 67.9 Å². The van der Waals surface area contributed by atoms with E-state index in [9.17, 15) is 22.8 Å². The highest BCUT2D eigenvalue weighted by atomic mass is 79.9. The summed E-state index contributed by atoms with van der Waals surface area (Å²) in [4.78, 5) is 26.1. The monoisotopic (exact) mass is 486 g/mol. The van der Waals surface area contributed by atoms with E-state index >= 15 is 0 Å². The third-order valence-corrected chi connectivity index (χ3v) is 4.89. The minimum Gasteiger partial charge on any atom is -0.452 e. The Kier molecular flexibility index (Phi) is 6.99. The number of nitrogens with zero attached hydrogens (tertiary/aromatic N) is 1. The smallest absolute Gasteiger partial charge is 0.416 e. The van der Waals surface area contributed by atoms with Crippen LogP contribution in [0.3, 0.4) is 0 Å². The van der Waals surface area contributed by atoms with Gasteiger partial charge in [-0.3, -0.25) is 4.79 Å². The Morgan fingerprint density at radius 1 is 1.10 bits per heavy atom. The Bertz CT molecular complexity index is 913. The van der Waals surface area contributed by atoms with E-state index in [0.29, 0.717) is 32.0 Å². The average Bonchev–Trinajstić information content (AvgIpc) is 2.72. The summed E-state index contributed by atoms with van der Waals surface area (Å²) in [6.45, 7) is 1.19. The molecular weight excluding hydrogens is 469 g/mol. The summed E-state index contributed by atoms with van der Waals surface area (Å²) in [7, 11) is 0. The molecule has 30 heavy (non-hydrogen) atoms. The Hall–Kier alpha value is -2.59. The van der Waals surface area contributed by atoms with Crippen molar-refractivity contribution in [2.45, 2.75) is 6.18 Å². The molecule has 2 aromatic carbocycles. The maximum Gasteiger partial charge on any atom is 0.416 e. The SMILES string of the molecule is O=C(COC(=O)c1ccc(Br)cc1)Nc1cc(C(F)(F)F)ccc1N1CCOCC1. The molecule has 6 nitrogen and oxygen atoms in total. The number of morpholine rings is 1. The van der Waals surface area contributed by atoms with Crippen molar-refractivity contribution in [1.82, 2.24) is 0 Å². The summed E-state index contributed by atoms with van der Waals surface area (Å²) in [6, 6.07) is 9.49. The van der Waals surface area contributed by atoms with Crippen LogP contribution in [0.5, 0.6) is 0 Å². The van der Waals surface area contributed by atoms with E-state index in [1.54, 1.807) is 12.1 Å². The van der Waals surface area contributed by atoms with Gasteiger partial charge in [0.15, 0.2) is 6.61 Å². The number of esters is 1. The zero-order chi connectivity index (χ0) is 21.7. The van der Waals surface area contributed by atoms with Crippen molar-refractivity contribution in [1.29, 1.82) is 0 Å². The van der Waals surface area contributed by atoms with E-state index < -0.39 is 30.2 Å². The number of carbonyl (C=O) groups is 2. The molecule has 0 atom stereocenters. The van der Waals surface area contributed by atoms with Gasteiger partial charge in [-0.15, -0.1) is 0 Å². The van der Waals surface area contributed by atoms with Gasteiger partial charge in [0.1, 0.15) is 0 Å². The summed E-state index contributed by atoms with van der Waals surface area (Å²) < 4.78 is 50.4. The molecule has 0 aromatic heterocycles. The van der Waals surface area contributed by atoms with Gasteiger partial charge in [0.25, 0.3) is 5.91 Å². The third-order valence-electron chi connectivity index (χ3n) is 4.36. The molecule has 1 heterocycles. The van der Waals surface area contributed by atoms with Crippen molar-refractivity contribution in [3.63, 3.8) is 0 Å². The van der Waals surface area contributed by atoms with Crippen molar-refractivity contribution in [3.8, 4) is 0 Å². The fourth-order valence-electron chi connectivity index (χ4n) is 2.88. The van der Waals surface area contributed by atoms with Gasteiger partial charge in [-0.2, -0.15) is 13.2 Å². The zero-order valence-electron chi connectivity index (χ0n) is 15.7. The fraction of sp³-hybridized carbons (Fsp3) is 0.300. The third kappa shape index (κ3) is 5.73. The number of carbonyl (C=O) groups excluding carboxylic acids is 2. The number of rotatable bonds is 5. The largest absolute Gasteiger partial charge is 0.452 e. The van der Waals surface area contributed by atoms with Crippen LogP contribution in [0.15, 0.2) is 46.9 Å². The second-order valence-electron chi connectivity index (χ2n) is 6.46. The number of benzene rings is 2. The molecule has 0 unspecified atom stereocenters. The van der Waals surface area contributed by atoms with Crippen LogP contribution >= 0.6 is 15.9 Å². The van der Waals surface area contributed by atoms with Gasteiger partial charge in [0, 0.05) is 17.6 Å². The van der Waals surface area contributed by atoms with Crippen LogP contribution in [0, 0.1) is 0 Å². The fourth-order valence-corrected chi connectivity index (χ4v) is 3.14. The van der Waals surface area contributed by atoms with Crippen molar-refractivity contribution < 1.29 is 32.2 Å². The first-order valence-corrected chi connectivity index (χ1v) is 9.80. The lowest BCUT2D eigenvalue weighted by molar-refractivity contribution is -0.137. The van der Waals surface area contributed by atoms with Crippen molar-refractivity contribution >= 4 is 39.2 Å². The Labute approximate surface area is 179 Å². The molecular formula is C20H18BrF3N2O4. The summed E-state index contributed by atoms with van der Waals surface area (Å²) in [5.41, 5.74) is -0.198. The van der Waals surface area contributed by atoms with Crippen LogP contribution in [-0.2, 0) is 20.4 Å². The first-order chi connectivity index (χ1) is 14.2. The normalized spacial score (nSPS) is 14.3. The van der Waals surface area contributed by atoms with Crippen molar-refractivity contribution in [3.05, 3.63) is 58.1 Å². The van der Waals surface area contributed by atoms with Crippen LogP contribution in [0.4, 0.5) is 24.5 Å². The number of amides is 1. The molecule has 0 saturated carbocycles. The van der Waals surface area contributed by atoms with E-state index in [1.807, 2.05) is 4.90 Å². The van der Waals surface area contributed by atoms with Gasteiger partial charge in [0.05, 0.1) is 35.7 Å². The molecule has 1 fully saturated rings. The number of hydrogen-bond acceptors (Lipinski definition) is 5. The van der Waals surface area contributed by atoms with Gasteiger partial charge in [0.2, 0.25) is 0 Å². The number of ether oxygens (including phenoxy) is 2. The lowest BCUT2D eigenvalue weighted by atomic mass is 10.1. The van der Waals surface area contributed by atoms with Gasteiger partial charge in [-0.1, -0.05) is 15.9 Å². The van der Waals surface area contributed by atoms with E-state index in [1.165, 1.54) is 18.2 Å². The first kappa shape index (κ1) is 22.1. The lowest BCUT2D eigenvalue weighted by Crippen LogP contribution is -2.37. The maximum atomic E-state index is 13.1. The molecule has 1 aliphatic rings. The highest BCUT2D eigenvalue weighted by Gasteiger charge is 2.32. The molecule has 0 radical (unpaired) electrons. The quantitative estimate of drug-likeness (QED) is 0.644. The molecule has 10 heteroatoms. The molecule has 1 saturated heterocycles. The predicted molar refractivity (Wildman–Crippen MR) is 108 cm³/mol. The second-order valence-corrected chi connectivity index (χ2v) is 7.38. The molecule has 0 spiro atoms. The highest BCUT2D eigenvalue weighted by molar-refractivity contribution is 9.10. The molecule has 1 N–H and O–H groups in total. The standard InChI is InChI=1S/C20H18BrF3N2O4/c21-15-4-1-13(2-5-15)19(28)30-12-18(27)25-16-11-14(20(22,23)24)3-6-17(16)26-7-9-29-10-8-26/h1-6,11H,7-10,12H2,(H,25,27). The Morgan fingerprint density at radius 2 is 1.77 bits per heavy atom. The van der Waals surface area contributed by atoms with Gasteiger partial charge in [-0.25, -0.2) is 4.79 Å². The summed E-state index contributed by atoms with van der Waals surface area (Å²) in [5.74, 6) is -1.45. The molecule has 0 aliphatic carbocycles. The lowest BCUT2D eigenvalue weighted by Gasteiger charge is -2.31. The van der Waals surface area contributed by atoms with E-state index in [-0.39, 0.29) is 11.3 Å².